The molecule has 8 aromatic carbocycles. The van der Waals surface area contributed by atoms with Crippen LogP contribution in [0.1, 0.15) is 17.7 Å². The molecule has 10 rings (SSSR count). The van der Waals surface area contributed by atoms with Crippen molar-refractivity contribution in [1.82, 2.24) is 4.57 Å². The van der Waals surface area contributed by atoms with Gasteiger partial charge in [0, 0.05) is 39.4 Å². The molecular weight excluding hydrogens is 629 g/mol. The van der Waals surface area contributed by atoms with Crippen LogP contribution in [0.3, 0.4) is 0 Å². The summed E-state index contributed by atoms with van der Waals surface area (Å²) in [4.78, 5) is 2.35. The minimum atomic E-state index is 1.01. The van der Waals surface area contributed by atoms with Crippen molar-refractivity contribution >= 4 is 55.6 Å². The Morgan fingerprint density at radius 1 is 0.423 bits per heavy atom. The second-order valence-corrected chi connectivity index (χ2v) is 13.6. The molecule has 1 aromatic heterocycles. The number of nitrogens with zero attached hydrogens (tertiary/aromatic N) is 2. The molecule has 0 aliphatic heterocycles. The van der Waals surface area contributed by atoms with E-state index in [-0.39, 0.29) is 0 Å². The van der Waals surface area contributed by atoms with E-state index in [1.54, 1.807) is 0 Å². The molecule has 0 saturated heterocycles. The Kier molecular flexibility index (Phi) is 7.32. The van der Waals surface area contributed by atoms with E-state index in [9.17, 15) is 0 Å². The summed E-state index contributed by atoms with van der Waals surface area (Å²) in [6.45, 7) is 0. The van der Waals surface area contributed by atoms with Gasteiger partial charge in [0.15, 0.2) is 0 Å². The smallest absolute Gasteiger partial charge is 0.0539 e. The number of allylic oxidation sites excluding steroid dienone is 1. The van der Waals surface area contributed by atoms with Gasteiger partial charge in [-0.1, -0.05) is 140 Å². The average molecular weight is 665 g/mol. The lowest BCUT2D eigenvalue weighted by atomic mass is 9.86. The number of hydrogen-bond donors (Lipinski definition) is 0. The third kappa shape index (κ3) is 4.95. The highest BCUT2D eigenvalue weighted by Crippen LogP contribution is 2.44. The fraction of sp³-hybridized carbons (Fsp3) is 0.0400. The molecule has 9 aromatic rings. The average Bonchev–Trinajstić information content (AvgIpc) is 3.55. The van der Waals surface area contributed by atoms with Crippen molar-refractivity contribution in [2.75, 3.05) is 4.90 Å². The largest absolute Gasteiger partial charge is 0.313 e. The Bertz CT molecular complexity index is 2660. The Hall–Kier alpha value is -6.64. The molecule has 2 nitrogen and oxygen atoms in total. The first kappa shape index (κ1) is 30.2. The maximum absolute atomic E-state index is 2.49. The Labute approximate surface area is 304 Å². The van der Waals surface area contributed by atoms with Crippen molar-refractivity contribution in [2.45, 2.75) is 12.8 Å². The zero-order valence-electron chi connectivity index (χ0n) is 28.8. The zero-order valence-corrected chi connectivity index (χ0v) is 28.8. The van der Waals surface area contributed by atoms with Crippen LogP contribution in [-0.4, -0.2) is 4.57 Å². The molecule has 52 heavy (non-hydrogen) atoms. The quantitative estimate of drug-likeness (QED) is 0.161. The first-order chi connectivity index (χ1) is 25.8. The van der Waals surface area contributed by atoms with Crippen LogP contribution in [0.15, 0.2) is 188 Å². The maximum Gasteiger partial charge on any atom is 0.0539 e. The Balaban J connectivity index is 1.13. The molecule has 0 radical (unpaired) electrons. The predicted octanol–water partition coefficient (Wildman–Crippen LogP) is 13.7. The van der Waals surface area contributed by atoms with Crippen molar-refractivity contribution in [3.63, 3.8) is 0 Å². The molecule has 1 aliphatic carbocycles. The predicted molar refractivity (Wildman–Crippen MR) is 221 cm³/mol. The van der Waals surface area contributed by atoms with Crippen molar-refractivity contribution in [3.8, 4) is 27.9 Å². The lowest BCUT2D eigenvalue weighted by Crippen LogP contribution is -2.09. The summed E-state index contributed by atoms with van der Waals surface area (Å²) in [6, 6.07) is 66.1. The third-order valence-corrected chi connectivity index (χ3v) is 10.6. The topological polar surface area (TPSA) is 8.17 Å². The summed E-state index contributed by atoms with van der Waals surface area (Å²) >= 11 is 0. The maximum atomic E-state index is 2.49. The van der Waals surface area contributed by atoms with Gasteiger partial charge < -0.3 is 9.47 Å². The molecule has 0 N–H and O–H groups in total. The molecule has 2 heteroatoms. The SMILES string of the molecule is C1=Cc2c(n(-c3ccc(-c4c5ccccc5c(-c5ccccc5)c5ccccc45)cc3)c3ccc(N(c4ccccc4)c4ccccc4)cc23)CC1. The van der Waals surface area contributed by atoms with E-state index in [1.165, 1.54) is 71.6 Å². The summed E-state index contributed by atoms with van der Waals surface area (Å²) < 4.78 is 2.49. The standard InChI is InChI=1S/C50H36N2/c1-4-16-35(17-5-1)49-42-23-10-12-25-44(42)50(45-26-13-11-24-43(45)49)36-28-30-39(31-29-36)52-47-27-15-14-22-41(47)46-34-40(32-33-48(46)52)51(37-18-6-2-7-19-37)38-20-8-3-9-21-38/h1-14,16-26,28-34H,15,27H2. The van der Waals surface area contributed by atoms with Gasteiger partial charge in [-0.05, 0) is 111 Å². The summed E-state index contributed by atoms with van der Waals surface area (Å²) in [5, 5.41) is 6.38. The van der Waals surface area contributed by atoms with Gasteiger partial charge in [-0.2, -0.15) is 0 Å². The number of anilines is 3. The summed E-state index contributed by atoms with van der Waals surface area (Å²) in [5.41, 5.74) is 13.6. The number of para-hydroxylation sites is 2. The molecule has 0 fully saturated rings. The van der Waals surface area contributed by atoms with E-state index < -0.39 is 0 Å². The normalized spacial score (nSPS) is 12.4. The number of hydrogen-bond acceptors (Lipinski definition) is 1. The van der Waals surface area contributed by atoms with Gasteiger partial charge in [0.1, 0.15) is 0 Å². The summed E-state index contributed by atoms with van der Waals surface area (Å²) in [5.74, 6) is 0. The van der Waals surface area contributed by atoms with E-state index in [2.05, 4.69) is 204 Å². The van der Waals surface area contributed by atoms with Gasteiger partial charge in [-0.25, -0.2) is 0 Å². The molecule has 0 bridgehead atoms. The van der Waals surface area contributed by atoms with Gasteiger partial charge in [0.25, 0.3) is 0 Å². The number of benzene rings is 8. The molecule has 0 amide bonds. The van der Waals surface area contributed by atoms with Crippen LogP contribution in [0.25, 0.3) is 66.5 Å². The van der Waals surface area contributed by atoms with Crippen molar-refractivity contribution in [1.29, 1.82) is 0 Å². The van der Waals surface area contributed by atoms with Gasteiger partial charge in [0.05, 0.1) is 5.52 Å². The van der Waals surface area contributed by atoms with E-state index >= 15 is 0 Å². The summed E-state index contributed by atoms with van der Waals surface area (Å²) in [6.07, 6.45) is 6.70. The zero-order chi connectivity index (χ0) is 34.4. The van der Waals surface area contributed by atoms with Crippen molar-refractivity contribution in [3.05, 3.63) is 199 Å². The summed E-state index contributed by atoms with van der Waals surface area (Å²) in [7, 11) is 0. The molecule has 0 atom stereocenters. The lowest BCUT2D eigenvalue weighted by molar-refractivity contribution is 0.888. The first-order valence-corrected chi connectivity index (χ1v) is 18.2. The minimum absolute atomic E-state index is 1.01. The van der Waals surface area contributed by atoms with E-state index in [1.807, 2.05) is 0 Å². The van der Waals surface area contributed by atoms with Gasteiger partial charge in [-0.3, -0.25) is 0 Å². The van der Waals surface area contributed by atoms with E-state index in [0.29, 0.717) is 0 Å². The minimum Gasteiger partial charge on any atom is -0.313 e. The highest BCUT2D eigenvalue weighted by molar-refractivity contribution is 6.21. The van der Waals surface area contributed by atoms with Crippen LogP contribution in [0.4, 0.5) is 17.1 Å². The first-order valence-electron chi connectivity index (χ1n) is 18.2. The fourth-order valence-electron chi connectivity index (χ4n) is 8.38. The highest BCUT2D eigenvalue weighted by atomic mass is 15.1. The molecule has 0 spiro atoms. The van der Waals surface area contributed by atoms with Gasteiger partial charge >= 0.3 is 0 Å². The monoisotopic (exact) mass is 664 g/mol. The van der Waals surface area contributed by atoms with Gasteiger partial charge in [-0.15, -0.1) is 0 Å². The van der Waals surface area contributed by atoms with Crippen LogP contribution in [0, 0.1) is 0 Å². The number of fused-ring (bicyclic) bond motifs is 5. The van der Waals surface area contributed by atoms with Crippen LogP contribution in [0.2, 0.25) is 0 Å². The second-order valence-electron chi connectivity index (χ2n) is 13.6. The van der Waals surface area contributed by atoms with Crippen LogP contribution < -0.4 is 4.90 Å². The molecule has 1 aliphatic rings. The third-order valence-electron chi connectivity index (χ3n) is 10.6. The molecule has 246 valence electrons. The number of rotatable bonds is 6. The van der Waals surface area contributed by atoms with Crippen LogP contribution in [0.5, 0.6) is 0 Å². The Morgan fingerprint density at radius 2 is 0.923 bits per heavy atom. The molecular formula is C50H36N2. The van der Waals surface area contributed by atoms with Crippen LogP contribution >= 0.6 is 0 Å². The molecule has 0 saturated carbocycles. The van der Waals surface area contributed by atoms with Gasteiger partial charge in [0.2, 0.25) is 0 Å². The van der Waals surface area contributed by atoms with Crippen molar-refractivity contribution in [2.24, 2.45) is 0 Å². The number of aromatic nitrogens is 1. The lowest BCUT2D eigenvalue weighted by Gasteiger charge is -2.25. The molecule has 1 heterocycles. The second kappa shape index (κ2) is 12.6. The van der Waals surface area contributed by atoms with E-state index in [4.69, 9.17) is 0 Å². The highest BCUT2D eigenvalue weighted by Gasteiger charge is 2.22. The Morgan fingerprint density at radius 3 is 1.48 bits per heavy atom. The van der Waals surface area contributed by atoms with Crippen LogP contribution in [-0.2, 0) is 6.42 Å². The molecule has 0 unspecified atom stereocenters. The van der Waals surface area contributed by atoms with E-state index in [0.717, 1.165) is 29.9 Å². The van der Waals surface area contributed by atoms with Crippen molar-refractivity contribution < 1.29 is 0 Å². The fourth-order valence-corrected chi connectivity index (χ4v) is 8.38.